The van der Waals surface area contributed by atoms with Gasteiger partial charge in [0.1, 0.15) is 21.9 Å². The highest BCUT2D eigenvalue weighted by atomic mass is 127. The average Bonchev–Trinajstić information content (AvgIpc) is 0.885. The van der Waals surface area contributed by atoms with Crippen molar-refractivity contribution in [3.05, 3.63) is 385 Å². The van der Waals surface area contributed by atoms with Gasteiger partial charge in [-0.05, 0) is 143 Å². The van der Waals surface area contributed by atoms with Crippen LogP contribution in [0.4, 0.5) is 28.4 Å². The first-order chi connectivity index (χ1) is 46.7. The minimum Gasteiger partial charge on any atom is -0.422 e. The van der Waals surface area contributed by atoms with Crippen LogP contribution in [0.1, 0.15) is 70.7 Å². The summed E-state index contributed by atoms with van der Waals surface area (Å²) in [7, 11) is 0. The van der Waals surface area contributed by atoms with Crippen LogP contribution in [-0.4, -0.2) is 29.5 Å². The van der Waals surface area contributed by atoms with Gasteiger partial charge >= 0.3 is 11.3 Å². The zero-order valence-electron chi connectivity index (χ0n) is 51.9. The summed E-state index contributed by atoms with van der Waals surface area (Å²) in [5.74, 6) is 0. The molecule has 0 spiro atoms. The summed E-state index contributed by atoms with van der Waals surface area (Å²) >= 11 is 3.47. The molecule has 8 heterocycles. The van der Waals surface area contributed by atoms with Crippen molar-refractivity contribution < 1.29 is 8.83 Å². The third kappa shape index (κ3) is 10.8. The van der Waals surface area contributed by atoms with E-state index in [0.29, 0.717) is 33.3 Å². The van der Waals surface area contributed by atoms with Crippen LogP contribution in [0.25, 0.3) is 55.1 Å². The normalized spacial score (nSPS) is 12.7. The van der Waals surface area contributed by atoms with Crippen LogP contribution in [0, 0.1) is 13.8 Å². The second-order valence-corrected chi connectivity index (χ2v) is 24.4. The Morgan fingerprint density at radius 2 is 0.796 bits per heavy atom. The molecular weight excluding hydrogens is 1390 g/mol. The highest BCUT2D eigenvalue weighted by Crippen LogP contribution is 2.58. The van der Waals surface area contributed by atoms with Gasteiger partial charge in [0.25, 0.3) is 0 Å². The Morgan fingerprint density at radius 1 is 0.398 bits per heavy atom. The van der Waals surface area contributed by atoms with E-state index in [1.807, 2.05) is 128 Å². The summed E-state index contributed by atoms with van der Waals surface area (Å²) < 4.78 is 15.9. The first-order valence-corrected chi connectivity index (χ1v) is 32.1. The number of hydrogen-bond donors (Lipinski definition) is 1. The van der Waals surface area contributed by atoms with E-state index < -0.39 is 11.0 Å². The van der Waals surface area contributed by atoms with E-state index in [0.717, 1.165) is 77.2 Å². The van der Waals surface area contributed by atoms with Crippen molar-refractivity contribution in [2.75, 3.05) is 10.2 Å². The minimum atomic E-state index is -0.589. The fourth-order valence-corrected chi connectivity index (χ4v) is 14.7. The predicted molar refractivity (Wildman–Crippen MR) is 410 cm³/mol. The van der Waals surface area contributed by atoms with Crippen molar-refractivity contribution in [2.45, 2.75) is 39.5 Å². The molecule has 10 aromatic carbocycles. The van der Waals surface area contributed by atoms with E-state index in [2.05, 4.69) is 229 Å². The lowest BCUT2D eigenvalue weighted by Gasteiger charge is -2.46. The molecule has 98 heavy (non-hydrogen) atoms. The molecule has 1 N–H and O–H groups in total. The van der Waals surface area contributed by atoms with Gasteiger partial charge in [0, 0.05) is 39.0 Å². The van der Waals surface area contributed by atoms with Crippen molar-refractivity contribution in [3.8, 4) is 11.4 Å². The third-order valence-electron chi connectivity index (χ3n) is 18.3. The maximum Gasteiger partial charge on any atom is 0.347 e. The van der Waals surface area contributed by atoms with Crippen LogP contribution >= 0.6 is 39.9 Å². The number of fused-ring (bicyclic) bond motifs is 10. The molecule has 0 saturated heterocycles. The number of pyridine rings is 2. The first-order valence-electron chi connectivity index (χ1n) is 31.3. The SMILES string of the molecule is C.C.Cc1nn(-c2ccccc2)c2c1c(=O)oc1ccc(Br)cc12.Cc1nn(-c2ccccc2)c2c1c(=O)oc1ccc(N3c4ccccc4C(c4ccccc4)(c4ccccc4)c4ccncc43)cc12.I.c1ccc(C2(c3ccccc3)c3ccccc3Nc3cnccc32)cc1. The topological polar surface area (TPSA) is 137 Å². The molecule has 480 valence electrons. The zero-order valence-corrected chi connectivity index (χ0v) is 55.8. The minimum absolute atomic E-state index is 0. The predicted octanol–water partition coefficient (Wildman–Crippen LogP) is 20.6. The van der Waals surface area contributed by atoms with E-state index >= 15 is 0 Å². The molecule has 14 heteroatoms. The number of anilines is 5. The molecule has 0 bridgehead atoms. The largest absolute Gasteiger partial charge is 0.422 e. The second-order valence-electron chi connectivity index (χ2n) is 23.5. The van der Waals surface area contributed by atoms with Gasteiger partial charge in [-0.1, -0.05) is 225 Å². The van der Waals surface area contributed by atoms with Gasteiger partial charge in [-0.2, -0.15) is 10.2 Å². The molecule has 0 aliphatic carbocycles. The number of nitrogens with one attached hydrogen (secondary N) is 1. The molecule has 0 saturated carbocycles. The number of halogens is 2. The zero-order chi connectivity index (χ0) is 64.2. The van der Waals surface area contributed by atoms with Gasteiger partial charge in [0.2, 0.25) is 0 Å². The van der Waals surface area contributed by atoms with Gasteiger partial charge in [0.15, 0.2) is 0 Å². The molecule has 0 atom stereocenters. The molecule has 0 amide bonds. The average molecular weight is 1460 g/mol. The summed E-state index contributed by atoms with van der Waals surface area (Å²) in [5.41, 5.74) is 18.7. The monoisotopic (exact) mass is 1460 g/mol. The summed E-state index contributed by atoms with van der Waals surface area (Å²) in [5, 5.41) is 15.6. The second kappa shape index (κ2) is 27.1. The molecular formula is C84H66BrIN8O4. The number of aryl methyl sites for hydroxylation is 2. The fraction of sp³-hybridized carbons (Fsp3) is 0.0714. The van der Waals surface area contributed by atoms with Crippen LogP contribution in [0.15, 0.2) is 327 Å². The van der Waals surface area contributed by atoms with Gasteiger partial charge in [-0.3, -0.25) is 9.97 Å². The molecule has 0 radical (unpaired) electrons. The lowest BCUT2D eigenvalue weighted by Crippen LogP contribution is -2.37. The number of nitrogens with zero attached hydrogens (tertiary/aromatic N) is 7. The number of rotatable bonds is 7. The van der Waals surface area contributed by atoms with Crippen molar-refractivity contribution in [1.82, 2.24) is 29.5 Å². The summed E-state index contributed by atoms with van der Waals surface area (Å²) in [6, 6.07) is 95.6. The number of benzene rings is 10. The van der Waals surface area contributed by atoms with Crippen LogP contribution in [0.5, 0.6) is 0 Å². The van der Waals surface area contributed by atoms with Crippen LogP contribution in [-0.2, 0) is 10.8 Å². The van der Waals surface area contributed by atoms with Gasteiger partial charge in [0.05, 0.1) is 74.1 Å². The quantitative estimate of drug-likeness (QED) is 0.121. The Labute approximate surface area is 592 Å². The maximum absolute atomic E-state index is 13.3. The van der Waals surface area contributed by atoms with E-state index in [-0.39, 0.29) is 49.9 Å². The van der Waals surface area contributed by atoms with Gasteiger partial charge < -0.3 is 19.1 Å². The summed E-state index contributed by atoms with van der Waals surface area (Å²) in [6.07, 6.45) is 7.64. The smallest absolute Gasteiger partial charge is 0.347 e. The van der Waals surface area contributed by atoms with E-state index in [1.54, 1.807) is 10.7 Å². The summed E-state index contributed by atoms with van der Waals surface area (Å²) in [4.78, 5) is 36.9. The fourth-order valence-electron chi connectivity index (χ4n) is 14.3. The van der Waals surface area contributed by atoms with Crippen molar-refractivity contribution in [2.24, 2.45) is 0 Å². The molecule has 0 unspecified atom stereocenters. The lowest BCUT2D eigenvalue weighted by molar-refractivity contribution is 0.569. The Hall–Kier alpha value is -11.3. The van der Waals surface area contributed by atoms with Crippen LogP contribution in [0.3, 0.4) is 0 Å². The molecule has 6 aromatic heterocycles. The summed E-state index contributed by atoms with van der Waals surface area (Å²) in [6.45, 7) is 3.67. The molecule has 0 fully saturated rings. The Balaban J connectivity index is 0.000000143. The molecule has 2 aliphatic rings. The third-order valence-corrected chi connectivity index (χ3v) is 18.7. The number of hydrogen-bond acceptors (Lipinski definition) is 10. The molecule has 2 aliphatic heterocycles. The molecule has 18 rings (SSSR count). The van der Waals surface area contributed by atoms with Crippen molar-refractivity contribution >= 4 is 112 Å². The van der Waals surface area contributed by atoms with Gasteiger partial charge in [-0.25, -0.2) is 19.0 Å². The number of para-hydroxylation sites is 4. The lowest BCUT2D eigenvalue weighted by atomic mass is 9.62. The maximum atomic E-state index is 13.3. The van der Waals surface area contributed by atoms with Gasteiger partial charge in [-0.15, -0.1) is 24.0 Å². The highest BCUT2D eigenvalue weighted by Gasteiger charge is 2.47. The van der Waals surface area contributed by atoms with Crippen LogP contribution < -0.4 is 21.5 Å². The van der Waals surface area contributed by atoms with E-state index in [1.165, 1.54) is 33.4 Å². The standard InChI is InChI=1S/C41H28N4O2.C24H18N2.C17H11BrN2O2.2CH4.HI/c1-27-38-39(45(43-27)30-17-9-4-10-18-30)32-25-31(21-22-37(32)47-40(38)46)44-35-20-12-11-19-33(35)41(28-13-5-2-6-14-28,29-15-7-3-8-16-29)34-23-24-42-26-36(34)44;1-3-9-18(10-4-1)24(19-11-5-2-6-12-19)20-13-7-8-14-22(20)26-23-17-25-16-15-21(23)24;1-10-15-16(20(19-10)12-5-3-2-4-6-12)13-9-11(18)7-8-14(13)22-17(15)21;;;/h2-26H,1H3;1-17,26H;2-9H,1H3;2*1H4;1H. The Morgan fingerprint density at radius 3 is 1.32 bits per heavy atom. The Bertz CT molecular complexity index is 5520. The van der Waals surface area contributed by atoms with Crippen molar-refractivity contribution in [3.63, 3.8) is 0 Å². The highest BCUT2D eigenvalue weighted by molar-refractivity contribution is 14.0. The van der Waals surface area contributed by atoms with Crippen molar-refractivity contribution in [1.29, 1.82) is 0 Å². The van der Waals surface area contributed by atoms with E-state index in [4.69, 9.17) is 13.9 Å². The Kier molecular flexibility index (Phi) is 18.0. The first kappa shape index (κ1) is 65.3. The number of aromatic nitrogens is 6. The molecule has 16 aromatic rings. The van der Waals surface area contributed by atoms with Crippen LogP contribution in [0.2, 0.25) is 0 Å². The molecule has 12 nitrogen and oxygen atoms in total. The van der Waals surface area contributed by atoms with E-state index in [9.17, 15) is 9.59 Å².